The van der Waals surface area contributed by atoms with E-state index >= 15 is 0 Å². The third-order valence-corrected chi connectivity index (χ3v) is 6.29. The van der Waals surface area contributed by atoms with Crippen LogP contribution in [0.5, 0.6) is 0 Å². The van der Waals surface area contributed by atoms with Crippen molar-refractivity contribution in [3.05, 3.63) is 17.5 Å². The van der Waals surface area contributed by atoms with Gasteiger partial charge in [0.15, 0.2) is 5.96 Å². The molecule has 0 bridgehead atoms. The Labute approximate surface area is 135 Å². The number of guanidine groups is 1. The van der Waals surface area contributed by atoms with Gasteiger partial charge >= 0.3 is 0 Å². The minimum atomic E-state index is -3.41. The maximum absolute atomic E-state index is 11.9. The van der Waals surface area contributed by atoms with E-state index in [1.54, 1.807) is 24.6 Å². The number of aliphatic hydroxyl groups excluding tert-OH is 1. The Kier molecular flexibility index (Phi) is 6.18. The summed E-state index contributed by atoms with van der Waals surface area (Å²) in [5, 5.41) is 14.4. The van der Waals surface area contributed by atoms with Gasteiger partial charge in [0.05, 0.1) is 6.10 Å². The molecule has 3 N–H and O–H groups in total. The third kappa shape index (κ3) is 4.67. The highest BCUT2D eigenvalue weighted by Gasteiger charge is 2.19. The van der Waals surface area contributed by atoms with Crippen LogP contribution >= 0.6 is 11.3 Å². The van der Waals surface area contributed by atoms with Crippen LogP contribution in [-0.2, 0) is 10.0 Å². The molecule has 0 saturated carbocycles. The number of piperidine rings is 1. The van der Waals surface area contributed by atoms with Crippen LogP contribution in [0, 0.1) is 0 Å². The summed E-state index contributed by atoms with van der Waals surface area (Å²) in [4.78, 5) is 6.27. The Balaban J connectivity index is 1.75. The standard InChI is InChI=1S/C13H22N4O3S2/c1-14-13(17-8-4-11(18)5-9-17)15-6-7-16-22(19,20)12-3-2-10-21-12/h2-3,10-11,16,18H,4-9H2,1H3,(H,14,15). The average molecular weight is 346 g/mol. The second-order valence-corrected chi connectivity index (χ2v) is 7.96. The zero-order valence-corrected chi connectivity index (χ0v) is 14.2. The molecule has 9 heteroatoms. The Morgan fingerprint density at radius 2 is 2.18 bits per heavy atom. The fourth-order valence-corrected chi connectivity index (χ4v) is 4.33. The van der Waals surface area contributed by atoms with Gasteiger partial charge in [-0.1, -0.05) is 6.07 Å². The molecule has 2 heterocycles. The summed E-state index contributed by atoms with van der Waals surface area (Å²) in [5.74, 6) is 0.738. The van der Waals surface area contributed by atoms with Crippen LogP contribution < -0.4 is 10.0 Å². The second kappa shape index (κ2) is 7.91. The van der Waals surface area contributed by atoms with Gasteiger partial charge in [-0.15, -0.1) is 11.3 Å². The number of rotatable bonds is 5. The molecule has 0 amide bonds. The van der Waals surface area contributed by atoms with Gasteiger partial charge in [-0.2, -0.15) is 0 Å². The molecule has 1 fully saturated rings. The Bertz CT molecular complexity index is 578. The van der Waals surface area contributed by atoms with Gasteiger partial charge in [-0.05, 0) is 24.3 Å². The van der Waals surface area contributed by atoms with Crippen molar-refractivity contribution in [2.75, 3.05) is 33.2 Å². The minimum absolute atomic E-state index is 0.230. The molecule has 1 saturated heterocycles. The lowest BCUT2D eigenvalue weighted by molar-refractivity contribution is 0.108. The van der Waals surface area contributed by atoms with E-state index in [1.807, 2.05) is 0 Å². The van der Waals surface area contributed by atoms with Gasteiger partial charge in [0, 0.05) is 33.2 Å². The molecule has 1 aromatic rings. The van der Waals surface area contributed by atoms with Crippen LogP contribution in [0.4, 0.5) is 0 Å². The highest BCUT2D eigenvalue weighted by Crippen LogP contribution is 2.14. The largest absolute Gasteiger partial charge is 0.393 e. The molecular formula is C13H22N4O3S2. The molecular weight excluding hydrogens is 324 g/mol. The summed E-state index contributed by atoms with van der Waals surface area (Å²) in [6.45, 7) is 2.25. The summed E-state index contributed by atoms with van der Waals surface area (Å²) in [7, 11) is -1.71. The topological polar surface area (TPSA) is 94.0 Å². The van der Waals surface area contributed by atoms with Gasteiger partial charge in [0.25, 0.3) is 0 Å². The maximum atomic E-state index is 11.9. The Morgan fingerprint density at radius 3 is 2.77 bits per heavy atom. The monoisotopic (exact) mass is 346 g/mol. The van der Waals surface area contributed by atoms with E-state index in [9.17, 15) is 13.5 Å². The zero-order chi connectivity index (χ0) is 16.0. The number of thiophene rings is 1. The quantitative estimate of drug-likeness (QED) is 0.398. The van der Waals surface area contributed by atoms with Crippen molar-refractivity contribution < 1.29 is 13.5 Å². The highest BCUT2D eigenvalue weighted by atomic mass is 32.2. The molecule has 2 rings (SSSR count). The first-order valence-corrected chi connectivity index (χ1v) is 9.56. The normalized spacial score (nSPS) is 17.7. The summed E-state index contributed by atoms with van der Waals surface area (Å²) in [6.07, 6.45) is 1.23. The number of aliphatic imine (C=N–C) groups is 1. The molecule has 0 radical (unpaired) electrons. The number of nitrogens with one attached hydrogen (secondary N) is 2. The fourth-order valence-electron chi connectivity index (χ4n) is 2.26. The van der Waals surface area contributed by atoms with E-state index in [1.165, 1.54) is 11.3 Å². The number of hydrogen-bond acceptors (Lipinski definition) is 5. The number of nitrogens with zero attached hydrogens (tertiary/aromatic N) is 2. The second-order valence-electron chi connectivity index (χ2n) is 5.02. The predicted octanol–water partition coefficient (Wildman–Crippen LogP) is 0.0585. The lowest BCUT2D eigenvalue weighted by atomic mass is 10.1. The van der Waals surface area contributed by atoms with Gasteiger partial charge in [-0.3, -0.25) is 4.99 Å². The third-order valence-electron chi connectivity index (χ3n) is 3.44. The average Bonchev–Trinajstić information content (AvgIpc) is 3.04. The number of sulfonamides is 1. The van der Waals surface area contributed by atoms with Crippen LogP contribution in [-0.4, -0.2) is 63.7 Å². The van der Waals surface area contributed by atoms with E-state index in [-0.39, 0.29) is 12.6 Å². The molecule has 0 atom stereocenters. The first-order chi connectivity index (χ1) is 10.5. The van der Waals surface area contributed by atoms with Crippen molar-refractivity contribution in [3.63, 3.8) is 0 Å². The number of aliphatic hydroxyl groups is 1. The van der Waals surface area contributed by atoms with E-state index in [2.05, 4.69) is 19.9 Å². The van der Waals surface area contributed by atoms with Gasteiger partial charge in [-0.25, -0.2) is 13.1 Å². The lowest BCUT2D eigenvalue weighted by Gasteiger charge is -2.32. The molecule has 1 aliphatic rings. The SMILES string of the molecule is CN=C(NCCNS(=O)(=O)c1cccs1)N1CCC(O)CC1. The molecule has 0 aromatic carbocycles. The Hall–Kier alpha value is -1.16. The van der Waals surface area contributed by atoms with Gasteiger partial charge in [0.1, 0.15) is 4.21 Å². The molecule has 22 heavy (non-hydrogen) atoms. The van der Waals surface area contributed by atoms with Gasteiger partial charge in [0.2, 0.25) is 10.0 Å². The summed E-state index contributed by atoms with van der Waals surface area (Å²) < 4.78 is 26.8. The minimum Gasteiger partial charge on any atom is -0.393 e. The smallest absolute Gasteiger partial charge is 0.250 e. The van der Waals surface area contributed by atoms with Crippen molar-refractivity contribution in [2.24, 2.45) is 4.99 Å². The number of likely N-dealkylation sites (tertiary alicyclic amines) is 1. The predicted molar refractivity (Wildman–Crippen MR) is 87.7 cm³/mol. The van der Waals surface area contributed by atoms with E-state index in [4.69, 9.17) is 0 Å². The summed E-state index contributed by atoms with van der Waals surface area (Å²) in [6, 6.07) is 3.29. The first-order valence-electron chi connectivity index (χ1n) is 7.20. The molecule has 0 unspecified atom stereocenters. The molecule has 0 aliphatic carbocycles. The fraction of sp³-hybridized carbons (Fsp3) is 0.615. The molecule has 0 spiro atoms. The Morgan fingerprint density at radius 1 is 1.45 bits per heavy atom. The van der Waals surface area contributed by atoms with Crippen LogP contribution in [0.25, 0.3) is 0 Å². The zero-order valence-electron chi connectivity index (χ0n) is 12.5. The molecule has 124 valence electrons. The lowest BCUT2D eigenvalue weighted by Crippen LogP contribution is -2.48. The number of hydrogen-bond donors (Lipinski definition) is 3. The first kappa shape index (κ1) is 17.2. The van der Waals surface area contributed by atoms with Crippen molar-refractivity contribution in [1.29, 1.82) is 0 Å². The molecule has 1 aliphatic heterocycles. The molecule has 7 nitrogen and oxygen atoms in total. The van der Waals surface area contributed by atoms with Crippen molar-refractivity contribution in [3.8, 4) is 0 Å². The molecule has 1 aromatic heterocycles. The van der Waals surface area contributed by atoms with Gasteiger partial charge < -0.3 is 15.3 Å². The van der Waals surface area contributed by atoms with Crippen molar-refractivity contribution in [1.82, 2.24) is 14.9 Å². The summed E-state index contributed by atoms with van der Waals surface area (Å²) >= 11 is 1.20. The van der Waals surface area contributed by atoms with E-state index < -0.39 is 10.0 Å². The van der Waals surface area contributed by atoms with Crippen molar-refractivity contribution in [2.45, 2.75) is 23.2 Å². The van der Waals surface area contributed by atoms with Crippen molar-refractivity contribution >= 4 is 27.3 Å². The van der Waals surface area contributed by atoms with E-state index in [0.29, 0.717) is 10.8 Å². The van der Waals surface area contributed by atoms with Crippen LogP contribution in [0.1, 0.15) is 12.8 Å². The highest BCUT2D eigenvalue weighted by molar-refractivity contribution is 7.91. The van der Waals surface area contributed by atoms with E-state index in [0.717, 1.165) is 31.9 Å². The van der Waals surface area contributed by atoms with Crippen LogP contribution in [0.3, 0.4) is 0 Å². The van der Waals surface area contributed by atoms with Crippen LogP contribution in [0.15, 0.2) is 26.7 Å². The summed E-state index contributed by atoms with van der Waals surface area (Å²) in [5.41, 5.74) is 0. The maximum Gasteiger partial charge on any atom is 0.250 e. The van der Waals surface area contributed by atoms with Crippen LogP contribution in [0.2, 0.25) is 0 Å².